The first kappa shape index (κ1) is 14.4. The fourth-order valence-corrected chi connectivity index (χ4v) is 3.94. The van der Waals surface area contributed by atoms with Crippen molar-refractivity contribution in [2.24, 2.45) is 0 Å². The van der Waals surface area contributed by atoms with E-state index in [-0.39, 0.29) is 17.0 Å². The van der Waals surface area contributed by atoms with Gasteiger partial charge in [-0.3, -0.25) is 4.84 Å². The van der Waals surface area contributed by atoms with Crippen LogP contribution in [0.5, 0.6) is 0 Å². The van der Waals surface area contributed by atoms with Crippen LogP contribution in [-0.2, 0) is 14.9 Å². The second kappa shape index (κ2) is 5.20. The van der Waals surface area contributed by atoms with Crippen molar-refractivity contribution in [3.05, 3.63) is 27.7 Å². The van der Waals surface area contributed by atoms with Crippen molar-refractivity contribution in [3.8, 4) is 0 Å². The highest BCUT2D eigenvalue weighted by molar-refractivity contribution is 9.10. The summed E-state index contributed by atoms with van der Waals surface area (Å²) in [7, 11) is -3.83. The van der Waals surface area contributed by atoms with Crippen molar-refractivity contribution in [2.45, 2.75) is 18.2 Å². The highest BCUT2D eigenvalue weighted by atomic mass is 79.9. The van der Waals surface area contributed by atoms with Crippen molar-refractivity contribution in [2.75, 3.05) is 13.2 Å². The molecule has 1 heterocycles. The largest absolute Gasteiger partial charge is 0.478 e. The Hall–Kier alpha value is -0.960. The van der Waals surface area contributed by atoms with Gasteiger partial charge in [0.2, 0.25) is 0 Å². The molecule has 0 saturated carbocycles. The van der Waals surface area contributed by atoms with Crippen LogP contribution < -0.4 is 0 Å². The van der Waals surface area contributed by atoms with Gasteiger partial charge in [-0.2, -0.15) is 0 Å². The molecule has 2 rings (SSSR count). The van der Waals surface area contributed by atoms with Crippen LogP contribution in [0, 0.1) is 6.92 Å². The molecule has 1 N–H and O–H groups in total. The number of halogens is 1. The maximum atomic E-state index is 12.4. The number of carboxylic acid groups (broad SMARTS) is 1. The molecule has 6 nitrogen and oxygen atoms in total. The Morgan fingerprint density at radius 2 is 2.16 bits per heavy atom. The summed E-state index contributed by atoms with van der Waals surface area (Å²) < 4.78 is 26.1. The lowest BCUT2D eigenvalue weighted by Gasteiger charge is -2.17. The molecule has 1 aliphatic rings. The smallest absolute Gasteiger partial charge is 0.335 e. The van der Waals surface area contributed by atoms with E-state index in [0.717, 1.165) is 10.5 Å². The lowest BCUT2D eigenvalue weighted by atomic mass is 10.1. The first-order valence-electron chi connectivity index (χ1n) is 5.53. The molecule has 0 amide bonds. The monoisotopic (exact) mass is 349 g/mol. The number of hydrogen-bond acceptors (Lipinski definition) is 4. The van der Waals surface area contributed by atoms with Crippen molar-refractivity contribution in [3.63, 3.8) is 0 Å². The van der Waals surface area contributed by atoms with Gasteiger partial charge in [0.25, 0.3) is 10.0 Å². The third kappa shape index (κ3) is 2.66. The maximum absolute atomic E-state index is 12.4. The number of aromatic carboxylic acids is 1. The molecular formula is C11H12BrNO5S. The molecule has 1 aliphatic heterocycles. The van der Waals surface area contributed by atoms with Gasteiger partial charge < -0.3 is 5.11 Å². The van der Waals surface area contributed by atoms with Crippen molar-refractivity contribution >= 4 is 31.9 Å². The SMILES string of the molecule is Cc1c(Br)cc(C(=O)O)cc1S(=O)(=O)N1CCCO1. The Kier molecular flexibility index (Phi) is 3.95. The molecule has 1 fully saturated rings. The first-order valence-corrected chi connectivity index (χ1v) is 7.76. The second-order valence-electron chi connectivity index (χ2n) is 4.10. The Labute approximate surface area is 119 Å². The van der Waals surface area contributed by atoms with Gasteiger partial charge in [0.1, 0.15) is 0 Å². The van der Waals surface area contributed by atoms with Gasteiger partial charge in [-0.15, -0.1) is 0 Å². The molecule has 0 unspecified atom stereocenters. The Morgan fingerprint density at radius 1 is 1.47 bits per heavy atom. The average molecular weight is 350 g/mol. The number of nitrogens with zero attached hydrogens (tertiary/aromatic N) is 1. The van der Waals surface area contributed by atoms with Crippen LogP contribution in [0.15, 0.2) is 21.5 Å². The number of hydroxylamine groups is 1. The second-order valence-corrected chi connectivity index (χ2v) is 6.76. The van der Waals surface area contributed by atoms with Crippen molar-refractivity contribution in [1.29, 1.82) is 0 Å². The molecule has 1 saturated heterocycles. The van der Waals surface area contributed by atoms with E-state index in [4.69, 9.17) is 9.94 Å². The lowest BCUT2D eigenvalue weighted by molar-refractivity contribution is -0.0285. The van der Waals surface area contributed by atoms with Crippen LogP contribution in [0.2, 0.25) is 0 Å². The minimum absolute atomic E-state index is 0.0545. The van der Waals surface area contributed by atoms with Gasteiger partial charge in [-0.1, -0.05) is 20.4 Å². The average Bonchev–Trinajstić information content (AvgIpc) is 2.86. The number of carbonyl (C=O) groups is 1. The van der Waals surface area contributed by atoms with E-state index in [1.807, 2.05) is 0 Å². The summed E-state index contributed by atoms with van der Waals surface area (Å²) in [6, 6.07) is 2.53. The summed E-state index contributed by atoms with van der Waals surface area (Å²) in [6.07, 6.45) is 0.623. The molecule has 0 bridgehead atoms. The molecule has 1 aromatic rings. The number of sulfonamides is 1. The molecule has 8 heteroatoms. The number of carboxylic acids is 1. The van der Waals surface area contributed by atoms with E-state index in [1.54, 1.807) is 6.92 Å². The highest BCUT2D eigenvalue weighted by Gasteiger charge is 2.31. The van der Waals surface area contributed by atoms with E-state index < -0.39 is 16.0 Å². The lowest BCUT2D eigenvalue weighted by Crippen LogP contribution is -2.27. The van der Waals surface area contributed by atoms with E-state index in [9.17, 15) is 13.2 Å². The topological polar surface area (TPSA) is 83.9 Å². The summed E-state index contributed by atoms with van der Waals surface area (Å²) in [4.78, 5) is 16.0. The predicted molar refractivity (Wildman–Crippen MR) is 70.3 cm³/mol. The molecule has 19 heavy (non-hydrogen) atoms. The minimum Gasteiger partial charge on any atom is -0.478 e. The summed E-state index contributed by atoms with van der Waals surface area (Å²) in [6.45, 7) is 2.23. The Bertz CT molecular complexity index is 622. The van der Waals surface area contributed by atoms with Gasteiger partial charge in [0, 0.05) is 11.0 Å². The molecular weight excluding hydrogens is 338 g/mol. The van der Waals surface area contributed by atoms with Crippen LogP contribution in [0.1, 0.15) is 22.3 Å². The van der Waals surface area contributed by atoms with E-state index in [1.165, 1.54) is 6.07 Å². The van der Waals surface area contributed by atoms with Gasteiger partial charge in [-0.05, 0) is 31.0 Å². The van der Waals surface area contributed by atoms with Crippen LogP contribution in [0.4, 0.5) is 0 Å². The quantitative estimate of drug-likeness (QED) is 0.898. The fourth-order valence-electron chi connectivity index (χ4n) is 1.77. The first-order chi connectivity index (χ1) is 8.84. The molecule has 0 radical (unpaired) electrons. The summed E-state index contributed by atoms with van der Waals surface area (Å²) in [5.74, 6) is -1.18. The standard InChI is InChI=1S/C11H12BrNO5S/c1-7-9(12)5-8(11(14)15)6-10(7)19(16,17)13-3-2-4-18-13/h5-6H,2-4H2,1H3,(H,14,15). The normalized spacial score (nSPS) is 16.7. The Balaban J connectivity index is 2.57. The predicted octanol–water partition coefficient (Wildman–Crippen LogP) is 1.78. The zero-order valence-electron chi connectivity index (χ0n) is 10.1. The highest BCUT2D eigenvalue weighted by Crippen LogP contribution is 2.29. The van der Waals surface area contributed by atoms with Gasteiger partial charge in [0.15, 0.2) is 0 Å². The molecule has 0 aromatic heterocycles. The van der Waals surface area contributed by atoms with Gasteiger partial charge in [-0.25, -0.2) is 13.2 Å². The van der Waals surface area contributed by atoms with Crippen LogP contribution in [0.25, 0.3) is 0 Å². The minimum atomic E-state index is -3.83. The van der Waals surface area contributed by atoms with Crippen molar-refractivity contribution in [1.82, 2.24) is 4.47 Å². The van der Waals surface area contributed by atoms with Crippen LogP contribution in [0.3, 0.4) is 0 Å². The number of hydrogen-bond donors (Lipinski definition) is 1. The molecule has 0 aliphatic carbocycles. The zero-order valence-corrected chi connectivity index (χ0v) is 12.5. The van der Waals surface area contributed by atoms with Crippen molar-refractivity contribution < 1.29 is 23.2 Å². The van der Waals surface area contributed by atoms with E-state index >= 15 is 0 Å². The van der Waals surface area contributed by atoms with Gasteiger partial charge in [0.05, 0.1) is 17.1 Å². The third-order valence-corrected chi connectivity index (χ3v) is 5.44. The Morgan fingerprint density at radius 3 is 2.68 bits per heavy atom. The number of benzene rings is 1. The van der Waals surface area contributed by atoms with Crippen LogP contribution >= 0.6 is 15.9 Å². The van der Waals surface area contributed by atoms with Gasteiger partial charge >= 0.3 is 5.97 Å². The molecule has 0 atom stereocenters. The zero-order chi connectivity index (χ0) is 14.2. The summed E-state index contributed by atoms with van der Waals surface area (Å²) in [5.41, 5.74) is 0.371. The summed E-state index contributed by atoms with van der Waals surface area (Å²) in [5, 5.41) is 9.00. The maximum Gasteiger partial charge on any atom is 0.335 e. The van der Waals surface area contributed by atoms with Crippen LogP contribution in [-0.4, -0.2) is 37.1 Å². The third-order valence-electron chi connectivity index (χ3n) is 2.81. The number of rotatable bonds is 3. The van der Waals surface area contributed by atoms with E-state index in [2.05, 4.69) is 15.9 Å². The summed E-state index contributed by atoms with van der Waals surface area (Å²) >= 11 is 3.18. The molecule has 104 valence electrons. The van der Waals surface area contributed by atoms with E-state index in [0.29, 0.717) is 23.1 Å². The molecule has 0 spiro atoms. The fraction of sp³-hybridized carbons (Fsp3) is 0.364. The molecule has 1 aromatic carbocycles.